The van der Waals surface area contributed by atoms with Gasteiger partial charge >= 0.3 is 0 Å². The molecular weight excluding hydrogens is 309 g/mol. The van der Waals surface area contributed by atoms with E-state index in [1.807, 2.05) is 7.05 Å². The minimum atomic E-state index is -0.271. The smallest absolute Gasteiger partial charge is 0.272 e. The second-order valence-corrected chi connectivity index (χ2v) is 5.83. The number of hydrogen-bond donors (Lipinski definition) is 1. The van der Waals surface area contributed by atoms with Crippen molar-refractivity contribution in [2.24, 2.45) is 0 Å². The van der Waals surface area contributed by atoms with Gasteiger partial charge in [0.05, 0.1) is 0 Å². The number of aromatic nitrogens is 2. The number of likely N-dealkylation sites (N-methyl/N-ethyl adjacent to an activating group) is 1. The monoisotopic (exact) mass is 329 g/mol. The second kappa shape index (κ2) is 7.35. The van der Waals surface area contributed by atoms with E-state index in [9.17, 15) is 9.18 Å². The molecule has 2 heterocycles. The third-order valence-corrected chi connectivity index (χ3v) is 4.09. The molecule has 1 amide bonds. The summed E-state index contributed by atoms with van der Waals surface area (Å²) in [4.78, 5) is 24.7. The minimum Gasteiger partial charge on any atom is -0.366 e. The van der Waals surface area contributed by atoms with E-state index in [2.05, 4.69) is 20.2 Å². The van der Waals surface area contributed by atoms with Crippen molar-refractivity contribution >= 4 is 11.7 Å². The van der Waals surface area contributed by atoms with Gasteiger partial charge in [0.2, 0.25) is 0 Å². The largest absolute Gasteiger partial charge is 0.366 e. The third-order valence-electron chi connectivity index (χ3n) is 4.09. The molecule has 1 fully saturated rings. The van der Waals surface area contributed by atoms with Gasteiger partial charge in [0, 0.05) is 44.4 Å². The molecule has 0 unspecified atom stereocenters. The van der Waals surface area contributed by atoms with Gasteiger partial charge in [-0.1, -0.05) is 18.2 Å². The van der Waals surface area contributed by atoms with Crippen molar-refractivity contribution in [3.63, 3.8) is 0 Å². The number of carbonyl (C=O) groups excluding carboxylic acids is 1. The van der Waals surface area contributed by atoms with E-state index in [1.54, 1.807) is 29.2 Å². The van der Waals surface area contributed by atoms with Gasteiger partial charge in [-0.3, -0.25) is 4.79 Å². The van der Waals surface area contributed by atoms with Gasteiger partial charge in [0.15, 0.2) is 0 Å². The summed E-state index contributed by atoms with van der Waals surface area (Å²) in [5.41, 5.74) is 0.897. The fourth-order valence-electron chi connectivity index (χ4n) is 2.57. The summed E-state index contributed by atoms with van der Waals surface area (Å²) < 4.78 is 13.6. The fourth-order valence-corrected chi connectivity index (χ4v) is 2.57. The van der Waals surface area contributed by atoms with Gasteiger partial charge in [-0.25, -0.2) is 14.4 Å². The van der Waals surface area contributed by atoms with Crippen LogP contribution in [0.3, 0.4) is 0 Å². The van der Waals surface area contributed by atoms with E-state index in [-0.39, 0.29) is 11.7 Å². The van der Waals surface area contributed by atoms with Crippen LogP contribution in [0, 0.1) is 5.82 Å². The predicted octanol–water partition coefficient (Wildman–Crippen LogP) is 1.62. The Labute approximate surface area is 140 Å². The van der Waals surface area contributed by atoms with Crippen LogP contribution in [0.1, 0.15) is 16.1 Å². The number of piperazine rings is 1. The number of nitrogens with one attached hydrogen (secondary N) is 1. The highest BCUT2D eigenvalue weighted by atomic mass is 19.1. The molecule has 1 aromatic carbocycles. The van der Waals surface area contributed by atoms with E-state index in [1.165, 1.54) is 12.4 Å². The number of halogens is 1. The molecule has 1 aliphatic heterocycles. The summed E-state index contributed by atoms with van der Waals surface area (Å²) in [5.74, 6) is 0.137. The Kier molecular flexibility index (Phi) is 5.00. The number of nitrogens with zero attached hydrogens (tertiary/aromatic N) is 4. The molecule has 0 aliphatic carbocycles. The molecule has 6 nitrogen and oxygen atoms in total. The topological polar surface area (TPSA) is 61.4 Å². The quantitative estimate of drug-likeness (QED) is 0.923. The van der Waals surface area contributed by atoms with Crippen molar-refractivity contribution in [2.45, 2.75) is 6.54 Å². The van der Waals surface area contributed by atoms with E-state index in [0.29, 0.717) is 36.7 Å². The van der Waals surface area contributed by atoms with Gasteiger partial charge in [-0.05, 0) is 13.1 Å². The van der Waals surface area contributed by atoms with Gasteiger partial charge in [-0.15, -0.1) is 0 Å². The number of rotatable bonds is 4. The van der Waals surface area contributed by atoms with Crippen LogP contribution in [0.5, 0.6) is 0 Å². The van der Waals surface area contributed by atoms with E-state index in [4.69, 9.17) is 0 Å². The van der Waals surface area contributed by atoms with Crippen LogP contribution in [-0.2, 0) is 6.54 Å². The van der Waals surface area contributed by atoms with Crippen LogP contribution in [0.25, 0.3) is 0 Å². The van der Waals surface area contributed by atoms with Crippen molar-refractivity contribution in [3.8, 4) is 0 Å². The first-order valence-electron chi connectivity index (χ1n) is 7.90. The SMILES string of the molecule is CN1CCN(C(=O)c2cc(NCc3ccccc3F)ncn2)CC1. The molecule has 1 N–H and O–H groups in total. The summed E-state index contributed by atoms with van der Waals surface area (Å²) in [5, 5.41) is 3.04. The average molecular weight is 329 g/mol. The highest BCUT2D eigenvalue weighted by Gasteiger charge is 2.21. The zero-order valence-corrected chi connectivity index (χ0v) is 13.6. The van der Waals surface area contributed by atoms with Gasteiger partial charge in [-0.2, -0.15) is 0 Å². The third kappa shape index (κ3) is 3.86. The first-order valence-corrected chi connectivity index (χ1v) is 7.90. The Hall–Kier alpha value is -2.54. The van der Waals surface area contributed by atoms with Crippen LogP contribution in [0.2, 0.25) is 0 Å². The Bertz CT molecular complexity index is 716. The molecule has 0 radical (unpaired) electrons. The zero-order chi connectivity index (χ0) is 16.9. The molecule has 1 aliphatic rings. The number of amides is 1. The van der Waals surface area contributed by atoms with E-state index >= 15 is 0 Å². The normalized spacial score (nSPS) is 15.3. The maximum absolute atomic E-state index is 13.6. The Morgan fingerprint density at radius 2 is 1.96 bits per heavy atom. The zero-order valence-electron chi connectivity index (χ0n) is 13.6. The number of benzene rings is 1. The first kappa shape index (κ1) is 16.3. The van der Waals surface area contributed by atoms with Crippen LogP contribution in [0.15, 0.2) is 36.7 Å². The molecule has 1 saturated heterocycles. The van der Waals surface area contributed by atoms with Crippen LogP contribution in [0.4, 0.5) is 10.2 Å². The lowest BCUT2D eigenvalue weighted by molar-refractivity contribution is 0.0658. The molecular formula is C17H20FN5O. The lowest BCUT2D eigenvalue weighted by Crippen LogP contribution is -2.47. The Morgan fingerprint density at radius 3 is 2.71 bits per heavy atom. The van der Waals surface area contributed by atoms with Crippen LogP contribution < -0.4 is 5.32 Å². The first-order chi connectivity index (χ1) is 11.6. The molecule has 1 aromatic heterocycles. The van der Waals surface area contributed by atoms with Crippen LogP contribution in [-0.4, -0.2) is 58.9 Å². The second-order valence-electron chi connectivity index (χ2n) is 5.83. The van der Waals surface area contributed by atoms with Crippen molar-refractivity contribution in [1.82, 2.24) is 19.8 Å². The molecule has 0 spiro atoms. The molecule has 3 rings (SSSR count). The average Bonchev–Trinajstić information content (AvgIpc) is 2.61. The summed E-state index contributed by atoms with van der Waals surface area (Å²) in [7, 11) is 2.04. The number of hydrogen-bond acceptors (Lipinski definition) is 5. The van der Waals surface area contributed by atoms with Gasteiger partial charge in [0.25, 0.3) is 5.91 Å². The summed E-state index contributed by atoms with van der Waals surface area (Å²) in [6.07, 6.45) is 1.35. The minimum absolute atomic E-state index is 0.0977. The van der Waals surface area contributed by atoms with Gasteiger partial charge < -0.3 is 15.1 Å². The maximum Gasteiger partial charge on any atom is 0.272 e. The molecule has 0 atom stereocenters. The lowest BCUT2D eigenvalue weighted by Gasteiger charge is -2.32. The Morgan fingerprint density at radius 1 is 1.21 bits per heavy atom. The molecule has 126 valence electrons. The molecule has 2 aromatic rings. The predicted molar refractivity (Wildman–Crippen MR) is 89.2 cm³/mol. The van der Waals surface area contributed by atoms with Crippen molar-refractivity contribution < 1.29 is 9.18 Å². The highest BCUT2D eigenvalue weighted by molar-refractivity contribution is 5.93. The van der Waals surface area contributed by atoms with E-state index in [0.717, 1.165) is 13.1 Å². The highest BCUT2D eigenvalue weighted by Crippen LogP contribution is 2.12. The van der Waals surface area contributed by atoms with Crippen molar-refractivity contribution in [2.75, 3.05) is 38.5 Å². The fraction of sp³-hybridized carbons (Fsp3) is 0.353. The van der Waals surface area contributed by atoms with Crippen molar-refractivity contribution in [1.29, 1.82) is 0 Å². The summed E-state index contributed by atoms with van der Waals surface area (Å²) >= 11 is 0. The summed E-state index contributed by atoms with van der Waals surface area (Å²) in [6.45, 7) is 3.39. The van der Waals surface area contributed by atoms with Crippen LogP contribution >= 0.6 is 0 Å². The number of anilines is 1. The van der Waals surface area contributed by atoms with Gasteiger partial charge in [0.1, 0.15) is 23.7 Å². The van der Waals surface area contributed by atoms with E-state index < -0.39 is 0 Å². The maximum atomic E-state index is 13.6. The molecule has 24 heavy (non-hydrogen) atoms. The lowest BCUT2D eigenvalue weighted by atomic mass is 10.2. The standard InChI is InChI=1S/C17H20FN5O/c1-22-6-8-23(9-7-22)17(24)15-10-16(21-12-20-15)19-11-13-4-2-3-5-14(13)18/h2-5,10,12H,6-9,11H2,1H3,(H,19,20,21). The van der Waals surface area contributed by atoms with Crippen molar-refractivity contribution in [3.05, 3.63) is 53.7 Å². The Balaban J connectivity index is 1.65. The summed E-state index contributed by atoms with van der Waals surface area (Å²) in [6, 6.07) is 8.17. The molecule has 0 bridgehead atoms. The molecule has 0 saturated carbocycles. The number of carbonyl (C=O) groups is 1. The molecule has 7 heteroatoms.